The van der Waals surface area contributed by atoms with Crippen molar-refractivity contribution in [3.05, 3.63) is 48.3 Å². The van der Waals surface area contributed by atoms with Gasteiger partial charge in [-0.1, -0.05) is 18.2 Å². The van der Waals surface area contributed by atoms with Crippen molar-refractivity contribution in [2.75, 3.05) is 49.1 Å². The lowest BCUT2D eigenvalue weighted by molar-refractivity contribution is -0.132. The van der Waals surface area contributed by atoms with Gasteiger partial charge in [0.1, 0.15) is 12.4 Å². The van der Waals surface area contributed by atoms with Gasteiger partial charge in [0.2, 0.25) is 11.9 Å². The number of piperazine rings is 1. The van der Waals surface area contributed by atoms with Gasteiger partial charge in [-0.2, -0.15) is 4.98 Å². The van der Waals surface area contributed by atoms with E-state index in [1.165, 1.54) is 18.2 Å². The van der Waals surface area contributed by atoms with E-state index in [2.05, 4.69) is 39.0 Å². The Labute approximate surface area is 176 Å². The van der Waals surface area contributed by atoms with Gasteiger partial charge in [-0.15, -0.1) is 0 Å². The van der Waals surface area contributed by atoms with E-state index in [1.807, 2.05) is 34.7 Å². The molecule has 0 spiro atoms. The highest BCUT2D eigenvalue weighted by molar-refractivity contribution is 5.83. The van der Waals surface area contributed by atoms with Gasteiger partial charge in [-0.3, -0.25) is 4.79 Å². The molecule has 0 unspecified atom stereocenters. The summed E-state index contributed by atoms with van der Waals surface area (Å²) in [6, 6.07) is 12.3. The van der Waals surface area contributed by atoms with Gasteiger partial charge >= 0.3 is 0 Å². The van der Waals surface area contributed by atoms with E-state index in [0.717, 1.165) is 62.2 Å². The Kier molecular flexibility index (Phi) is 5.02. The molecule has 0 atom stereocenters. The molecular weight excluding hydrogens is 376 g/mol. The first kappa shape index (κ1) is 18.9. The highest BCUT2D eigenvalue weighted by Crippen LogP contribution is 2.22. The summed E-state index contributed by atoms with van der Waals surface area (Å²) in [5, 5.41) is 1.17. The first-order chi connectivity index (χ1) is 14.7. The third-order valence-electron chi connectivity index (χ3n) is 6.16. The average Bonchev–Trinajstić information content (AvgIpc) is 3.44. The van der Waals surface area contributed by atoms with Crippen LogP contribution in [-0.2, 0) is 11.3 Å². The van der Waals surface area contributed by atoms with Crippen LogP contribution in [0.4, 0.5) is 11.8 Å². The second-order valence-corrected chi connectivity index (χ2v) is 8.23. The Morgan fingerprint density at radius 2 is 1.70 bits per heavy atom. The number of hydrogen-bond donors (Lipinski definition) is 0. The van der Waals surface area contributed by atoms with Gasteiger partial charge < -0.3 is 19.3 Å². The number of fused-ring (bicyclic) bond motifs is 1. The molecule has 0 saturated carbocycles. The van der Waals surface area contributed by atoms with Crippen molar-refractivity contribution < 1.29 is 4.79 Å². The lowest BCUT2D eigenvalue weighted by atomic mass is 10.2. The summed E-state index contributed by atoms with van der Waals surface area (Å²) in [6.07, 6.45) is 4.43. The molecule has 2 aliphatic rings. The van der Waals surface area contributed by atoms with Crippen molar-refractivity contribution in [2.45, 2.75) is 26.3 Å². The Morgan fingerprint density at radius 1 is 0.933 bits per heavy atom. The number of anilines is 2. The molecule has 7 nitrogen and oxygen atoms in total. The van der Waals surface area contributed by atoms with Crippen LogP contribution in [0.25, 0.3) is 10.9 Å². The fourth-order valence-electron chi connectivity index (χ4n) is 4.47. The van der Waals surface area contributed by atoms with E-state index in [4.69, 9.17) is 4.98 Å². The first-order valence-electron chi connectivity index (χ1n) is 10.8. The number of carbonyl (C=O) groups is 1. The maximum atomic E-state index is 12.9. The Morgan fingerprint density at radius 3 is 2.50 bits per heavy atom. The van der Waals surface area contributed by atoms with Crippen LogP contribution in [0.2, 0.25) is 0 Å². The van der Waals surface area contributed by atoms with Gasteiger partial charge in [0.15, 0.2) is 0 Å². The monoisotopic (exact) mass is 404 g/mol. The van der Waals surface area contributed by atoms with Crippen LogP contribution in [0, 0.1) is 6.92 Å². The number of nitrogens with zero attached hydrogens (tertiary/aromatic N) is 6. The quantitative estimate of drug-likeness (QED) is 0.669. The van der Waals surface area contributed by atoms with Crippen molar-refractivity contribution >= 4 is 28.6 Å². The minimum atomic E-state index is 0.174. The van der Waals surface area contributed by atoms with Crippen molar-refractivity contribution in [2.24, 2.45) is 0 Å². The smallest absolute Gasteiger partial charge is 0.242 e. The van der Waals surface area contributed by atoms with Crippen molar-refractivity contribution in [3.8, 4) is 0 Å². The molecule has 1 aromatic carbocycles. The zero-order valence-corrected chi connectivity index (χ0v) is 17.5. The van der Waals surface area contributed by atoms with E-state index < -0.39 is 0 Å². The highest BCUT2D eigenvalue weighted by atomic mass is 16.2. The molecule has 4 heterocycles. The van der Waals surface area contributed by atoms with Gasteiger partial charge in [0.25, 0.3) is 0 Å². The third-order valence-corrected chi connectivity index (χ3v) is 6.16. The fourth-order valence-corrected chi connectivity index (χ4v) is 4.47. The molecule has 30 heavy (non-hydrogen) atoms. The summed E-state index contributed by atoms with van der Waals surface area (Å²) in [5.74, 6) is 2.00. The molecule has 0 N–H and O–H groups in total. The minimum Gasteiger partial charge on any atom is -0.353 e. The van der Waals surface area contributed by atoms with E-state index in [-0.39, 0.29) is 5.91 Å². The van der Waals surface area contributed by atoms with E-state index in [0.29, 0.717) is 6.54 Å². The van der Waals surface area contributed by atoms with Gasteiger partial charge in [-0.05, 0) is 37.3 Å². The molecule has 0 bridgehead atoms. The molecule has 3 aromatic rings. The molecule has 0 radical (unpaired) electrons. The molecule has 2 aliphatic heterocycles. The maximum Gasteiger partial charge on any atom is 0.242 e. The Bertz CT molecular complexity index is 1050. The summed E-state index contributed by atoms with van der Waals surface area (Å²) >= 11 is 0. The van der Waals surface area contributed by atoms with Crippen LogP contribution in [0.15, 0.2) is 42.6 Å². The largest absolute Gasteiger partial charge is 0.353 e. The Hall–Kier alpha value is -3.09. The predicted octanol–water partition coefficient (Wildman–Crippen LogP) is 2.69. The third kappa shape index (κ3) is 3.72. The number of rotatable bonds is 4. The fraction of sp³-hybridized carbons (Fsp3) is 0.435. The zero-order chi connectivity index (χ0) is 20.5. The minimum absolute atomic E-state index is 0.174. The first-order valence-corrected chi connectivity index (χ1v) is 10.8. The summed E-state index contributed by atoms with van der Waals surface area (Å²) in [6.45, 7) is 7.55. The standard InChI is InChI=1S/C23H28N6O/c1-18-16-21(25-23(24-18)28-9-4-5-10-28)26-12-14-27(15-13-26)22(30)17-29-11-8-19-6-2-3-7-20(19)29/h2-3,6-8,11,16H,4-5,9-10,12-15,17H2,1H3. The highest BCUT2D eigenvalue weighted by Gasteiger charge is 2.24. The van der Waals surface area contributed by atoms with Crippen molar-refractivity contribution in [1.82, 2.24) is 19.4 Å². The molecule has 2 fully saturated rings. The van der Waals surface area contributed by atoms with Crippen molar-refractivity contribution in [3.63, 3.8) is 0 Å². The molecule has 5 rings (SSSR count). The van der Waals surface area contributed by atoms with E-state index in [1.54, 1.807) is 0 Å². The number of aryl methyl sites for hydroxylation is 1. The lowest BCUT2D eigenvalue weighted by Crippen LogP contribution is -2.50. The average molecular weight is 405 g/mol. The molecule has 0 aliphatic carbocycles. The summed E-state index contributed by atoms with van der Waals surface area (Å²) in [5.41, 5.74) is 2.11. The van der Waals surface area contributed by atoms with Crippen molar-refractivity contribution in [1.29, 1.82) is 0 Å². The maximum absolute atomic E-state index is 12.9. The molecule has 2 aromatic heterocycles. The van der Waals surface area contributed by atoms with Gasteiger partial charge in [-0.25, -0.2) is 4.98 Å². The molecule has 7 heteroatoms. The number of hydrogen-bond acceptors (Lipinski definition) is 5. The SMILES string of the molecule is Cc1cc(N2CCN(C(=O)Cn3ccc4ccccc43)CC2)nc(N2CCCC2)n1. The number of aromatic nitrogens is 3. The topological polar surface area (TPSA) is 57.5 Å². The molecule has 2 saturated heterocycles. The zero-order valence-electron chi connectivity index (χ0n) is 17.5. The predicted molar refractivity (Wildman–Crippen MR) is 119 cm³/mol. The van der Waals surface area contributed by atoms with Crippen LogP contribution >= 0.6 is 0 Å². The van der Waals surface area contributed by atoms with Gasteiger partial charge in [0, 0.05) is 62.7 Å². The molecular formula is C23H28N6O. The summed E-state index contributed by atoms with van der Waals surface area (Å²) in [4.78, 5) is 28.9. The molecule has 1 amide bonds. The normalized spacial score (nSPS) is 17.2. The second kappa shape index (κ2) is 7.97. The van der Waals surface area contributed by atoms with Crippen LogP contribution in [0.1, 0.15) is 18.5 Å². The van der Waals surface area contributed by atoms with Crippen LogP contribution in [-0.4, -0.2) is 64.6 Å². The van der Waals surface area contributed by atoms with Gasteiger partial charge in [0.05, 0.1) is 0 Å². The van der Waals surface area contributed by atoms with Crippen LogP contribution < -0.4 is 9.80 Å². The lowest BCUT2D eigenvalue weighted by Gasteiger charge is -2.36. The van der Waals surface area contributed by atoms with Crippen LogP contribution in [0.5, 0.6) is 0 Å². The second-order valence-electron chi connectivity index (χ2n) is 8.23. The summed E-state index contributed by atoms with van der Waals surface area (Å²) in [7, 11) is 0. The van der Waals surface area contributed by atoms with E-state index in [9.17, 15) is 4.79 Å². The molecule has 156 valence electrons. The summed E-state index contributed by atoms with van der Waals surface area (Å²) < 4.78 is 2.04. The number of para-hydroxylation sites is 1. The number of amides is 1. The Balaban J connectivity index is 1.23. The van der Waals surface area contributed by atoms with Crippen LogP contribution in [0.3, 0.4) is 0 Å². The van der Waals surface area contributed by atoms with E-state index >= 15 is 0 Å². The number of carbonyl (C=O) groups excluding carboxylic acids is 1. The number of benzene rings is 1.